The van der Waals surface area contributed by atoms with Gasteiger partial charge in [0.15, 0.2) is 0 Å². The maximum atomic E-state index is 12.6. The van der Waals surface area contributed by atoms with Crippen LogP contribution in [0.25, 0.3) is 11.1 Å². The zero-order chi connectivity index (χ0) is 28.6. The number of hydrogen-bond acceptors (Lipinski definition) is 7. The van der Waals surface area contributed by atoms with Crippen LogP contribution >= 0.6 is 0 Å². The third-order valence-corrected chi connectivity index (χ3v) is 7.04. The number of rotatable bonds is 12. The Balaban J connectivity index is 1.21. The van der Waals surface area contributed by atoms with Crippen LogP contribution in [0.15, 0.2) is 65.6 Å². The lowest BCUT2D eigenvalue weighted by atomic mass is 9.98. The molecular formula is C30H36N4O6. The van der Waals surface area contributed by atoms with E-state index < -0.39 is 17.9 Å². The summed E-state index contributed by atoms with van der Waals surface area (Å²) in [5.74, 6) is -0.104. The van der Waals surface area contributed by atoms with Gasteiger partial charge in [0.05, 0.1) is 12.7 Å². The Morgan fingerprint density at radius 2 is 1.73 bits per heavy atom. The number of fused-ring (bicyclic) bond motifs is 3. The van der Waals surface area contributed by atoms with E-state index >= 15 is 0 Å². The van der Waals surface area contributed by atoms with Gasteiger partial charge in [-0.2, -0.15) is 4.98 Å². The van der Waals surface area contributed by atoms with Crippen LogP contribution < -0.4 is 11.0 Å². The highest BCUT2D eigenvalue weighted by atomic mass is 16.6. The maximum absolute atomic E-state index is 12.6. The molecule has 10 heteroatoms. The lowest BCUT2D eigenvalue weighted by Crippen LogP contribution is -2.31. The first-order valence-corrected chi connectivity index (χ1v) is 13.4. The van der Waals surface area contributed by atoms with E-state index in [1.807, 2.05) is 38.1 Å². The number of nitrogens with one attached hydrogen (secondary N) is 1. The fourth-order valence-corrected chi connectivity index (χ4v) is 4.71. The molecule has 0 saturated heterocycles. The Morgan fingerprint density at radius 3 is 2.33 bits per heavy atom. The summed E-state index contributed by atoms with van der Waals surface area (Å²) in [6.07, 6.45) is 1.19. The molecule has 1 aliphatic carbocycles. The number of hydrogen-bond donors (Lipinski definition) is 2. The molecule has 1 atom stereocenters. The molecule has 1 aliphatic rings. The number of carbonyl (C=O) groups is 2. The van der Waals surface area contributed by atoms with Gasteiger partial charge in [-0.3, -0.25) is 9.36 Å². The lowest BCUT2D eigenvalue weighted by molar-refractivity contribution is -0.116. The van der Waals surface area contributed by atoms with Gasteiger partial charge in [0.25, 0.3) is 0 Å². The van der Waals surface area contributed by atoms with Crippen LogP contribution in [0, 0.1) is 5.92 Å². The molecule has 0 fully saturated rings. The Labute approximate surface area is 233 Å². The number of nitrogens with zero attached hydrogens (tertiary/aromatic N) is 3. The summed E-state index contributed by atoms with van der Waals surface area (Å²) in [5, 5.41) is 12.0. The van der Waals surface area contributed by atoms with Crippen molar-refractivity contribution in [3.05, 3.63) is 82.4 Å². The number of anilines is 1. The molecule has 2 N–H and O–H groups in total. The molecule has 2 aromatic carbocycles. The van der Waals surface area contributed by atoms with Crippen molar-refractivity contribution in [1.82, 2.24) is 14.5 Å². The van der Waals surface area contributed by atoms with Gasteiger partial charge in [0.2, 0.25) is 5.91 Å². The first-order valence-electron chi connectivity index (χ1n) is 13.4. The molecule has 0 aliphatic heterocycles. The van der Waals surface area contributed by atoms with Gasteiger partial charge in [0.1, 0.15) is 19.2 Å². The van der Waals surface area contributed by atoms with Crippen molar-refractivity contribution in [1.29, 1.82) is 0 Å². The number of ether oxygens (including phenoxy) is 2. The minimum atomic E-state index is -0.576. The van der Waals surface area contributed by atoms with Crippen LogP contribution in [0.5, 0.6) is 0 Å². The quantitative estimate of drug-likeness (QED) is 0.353. The highest BCUT2D eigenvalue weighted by Crippen LogP contribution is 2.44. The van der Waals surface area contributed by atoms with Crippen molar-refractivity contribution in [3.8, 4) is 11.1 Å². The molecular weight excluding hydrogens is 512 g/mol. The predicted molar refractivity (Wildman–Crippen MR) is 151 cm³/mol. The molecule has 0 unspecified atom stereocenters. The summed E-state index contributed by atoms with van der Waals surface area (Å²) in [6, 6.07) is 17.8. The van der Waals surface area contributed by atoms with Crippen LogP contribution in [0.2, 0.25) is 0 Å². The minimum Gasteiger partial charge on any atom is -0.448 e. The zero-order valence-electron chi connectivity index (χ0n) is 23.1. The molecule has 10 nitrogen and oxygen atoms in total. The van der Waals surface area contributed by atoms with E-state index in [1.54, 1.807) is 7.05 Å². The Kier molecular flexibility index (Phi) is 9.68. The molecule has 40 heavy (non-hydrogen) atoms. The van der Waals surface area contributed by atoms with Crippen LogP contribution in [0.3, 0.4) is 0 Å². The SMILES string of the molecule is CC(C)[C@@H](CO)OCn1ccc(NC(=O)CCCN(C)C(=O)OCC2c3ccccc3-c3ccccc32)nc1=O. The normalized spacial score (nSPS) is 13.0. The zero-order valence-corrected chi connectivity index (χ0v) is 23.1. The van der Waals surface area contributed by atoms with Crippen LogP contribution in [-0.2, 0) is 21.0 Å². The second kappa shape index (κ2) is 13.4. The number of aliphatic hydroxyl groups is 1. The first kappa shape index (κ1) is 29.0. The molecule has 3 aromatic rings. The standard InChI is InChI=1S/C30H36N4O6/c1-20(2)26(17-35)40-19-34-16-14-27(32-29(34)37)31-28(36)13-8-15-33(3)30(38)39-18-25-23-11-6-4-9-21(23)22-10-5-7-12-24(22)25/h4-7,9-12,14,16,20,25-26,35H,8,13,15,17-19H2,1-3H3,(H,31,32,36,37)/t26-/m1/s1. The summed E-state index contributed by atoms with van der Waals surface area (Å²) in [7, 11) is 1.64. The van der Waals surface area contributed by atoms with E-state index in [0.29, 0.717) is 13.0 Å². The number of amides is 2. The maximum Gasteiger partial charge on any atom is 0.409 e. The molecule has 0 spiro atoms. The molecule has 2 amide bonds. The molecule has 212 valence electrons. The van der Waals surface area contributed by atoms with Crippen molar-refractivity contribution in [2.24, 2.45) is 5.92 Å². The van der Waals surface area contributed by atoms with E-state index in [4.69, 9.17) is 9.47 Å². The van der Waals surface area contributed by atoms with Crippen molar-refractivity contribution in [2.45, 2.75) is 45.4 Å². The molecule has 1 aromatic heterocycles. The van der Waals surface area contributed by atoms with Gasteiger partial charge in [-0.15, -0.1) is 0 Å². The van der Waals surface area contributed by atoms with Crippen molar-refractivity contribution >= 4 is 17.8 Å². The van der Waals surface area contributed by atoms with Gasteiger partial charge in [-0.1, -0.05) is 62.4 Å². The van der Waals surface area contributed by atoms with Gasteiger partial charge < -0.3 is 24.8 Å². The number of benzene rings is 2. The van der Waals surface area contributed by atoms with Crippen molar-refractivity contribution in [2.75, 3.05) is 32.1 Å². The monoisotopic (exact) mass is 548 g/mol. The Hall–Kier alpha value is -4.02. The van der Waals surface area contributed by atoms with Crippen molar-refractivity contribution < 1.29 is 24.2 Å². The topological polar surface area (TPSA) is 123 Å². The second-order valence-corrected chi connectivity index (χ2v) is 10.2. The number of carbonyl (C=O) groups excluding carboxylic acids is 2. The van der Waals surface area contributed by atoms with Gasteiger partial charge >= 0.3 is 11.8 Å². The summed E-state index contributed by atoms with van der Waals surface area (Å²) < 4.78 is 12.5. The lowest BCUT2D eigenvalue weighted by Gasteiger charge is -2.20. The van der Waals surface area contributed by atoms with E-state index in [1.165, 1.54) is 32.9 Å². The highest BCUT2D eigenvalue weighted by molar-refractivity contribution is 5.89. The van der Waals surface area contributed by atoms with Crippen molar-refractivity contribution in [3.63, 3.8) is 0 Å². The van der Waals surface area contributed by atoms with Crippen LogP contribution in [0.4, 0.5) is 10.6 Å². The largest absolute Gasteiger partial charge is 0.448 e. The molecule has 0 bridgehead atoms. The van der Waals surface area contributed by atoms with Gasteiger partial charge in [-0.25, -0.2) is 9.59 Å². The fraction of sp³-hybridized carbons (Fsp3) is 0.400. The van der Waals surface area contributed by atoms with E-state index in [9.17, 15) is 19.5 Å². The molecule has 4 rings (SSSR count). The molecule has 0 radical (unpaired) electrons. The molecule has 0 saturated carbocycles. The van der Waals surface area contributed by atoms with Gasteiger partial charge in [0, 0.05) is 32.1 Å². The summed E-state index contributed by atoms with van der Waals surface area (Å²) in [5.41, 5.74) is 4.05. The average Bonchev–Trinajstić information content (AvgIpc) is 3.26. The second-order valence-electron chi connectivity index (χ2n) is 10.2. The van der Waals surface area contributed by atoms with Crippen LogP contribution in [-0.4, -0.2) is 64.5 Å². The number of aliphatic hydroxyl groups excluding tert-OH is 1. The Bertz CT molecular complexity index is 1340. The Morgan fingerprint density at radius 1 is 1.07 bits per heavy atom. The van der Waals surface area contributed by atoms with E-state index in [0.717, 1.165) is 11.1 Å². The summed E-state index contributed by atoms with van der Waals surface area (Å²) in [4.78, 5) is 42.6. The first-order chi connectivity index (χ1) is 19.3. The third kappa shape index (κ3) is 6.94. The van der Waals surface area contributed by atoms with E-state index in [2.05, 4.69) is 34.6 Å². The average molecular weight is 549 g/mol. The number of aromatic nitrogens is 2. The molecule has 1 heterocycles. The minimum absolute atomic E-state index is 0.0173. The smallest absolute Gasteiger partial charge is 0.409 e. The highest BCUT2D eigenvalue weighted by Gasteiger charge is 2.29. The predicted octanol–water partition coefficient (Wildman–Crippen LogP) is 3.83. The van der Waals surface area contributed by atoms with Gasteiger partial charge in [-0.05, 0) is 40.7 Å². The van der Waals surface area contributed by atoms with Crippen LogP contribution in [0.1, 0.15) is 43.7 Å². The fourth-order valence-electron chi connectivity index (χ4n) is 4.71. The summed E-state index contributed by atoms with van der Waals surface area (Å²) in [6.45, 7) is 4.19. The third-order valence-electron chi connectivity index (χ3n) is 7.04. The van der Waals surface area contributed by atoms with E-state index in [-0.39, 0.29) is 49.9 Å². The summed E-state index contributed by atoms with van der Waals surface area (Å²) >= 11 is 0.